The molecule has 3 unspecified atom stereocenters. The van der Waals surface area contributed by atoms with Crippen LogP contribution in [0.1, 0.15) is 26.2 Å². The zero-order valence-corrected chi connectivity index (χ0v) is 9.26. The third-order valence-electron chi connectivity index (χ3n) is 3.59. The number of likely N-dealkylation sites (tertiary alicyclic amines) is 1. The molecule has 1 saturated heterocycles. The lowest BCUT2D eigenvalue weighted by Crippen LogP contribution is -2.34. The third-order valence-corrected chi connectivity index (χ3v) is 3.59. The first kappa shape index (κ1) is 11.7. The molecule has 1 amide bonds. The van der Waals surface area contributed by atoms with E-state index in [1.54, 1.807) is 6.92 Å². The summed E-state index contributed by atoms with van der Waals surface area (Å²) in [6.45, 7) is 2.17. The van der Waals surface area contributed by atoms with E-state index in [1.807, 2.05) is 0 Å². The molecule has 0 bridgehead atoms. The number of hydrogen-bond acceptors (Lipinski definition) is 1. The minimum atomic E-state index is -2.71. The van der Waals surface area contributed by atoms with Gasteiger partial charge in [0.2, 0.25) is 11.8 Å². The first-order chi connectivity index (χ1) is 7.39. The van der Waals surface area contributed by atoms with Gasteiger partial charge >= 0.3 is 0 Å². The molecule has 1 aliphatic carbocycles. The van der Waals surface area contributed by atoms with Gasteiger partial charge in [0.25, 0.3) is 0 Å². The van der Waals surface area contributed by atoms with Gasteiger partial charge in [0.15, 0.2) is 0 Å². The standard InChI is InChI=1S/C11H16F3NO/c1-7-5-15(6-9(7)12)10(16)8-2-3-11(13,14)4-8/h7-9H,2-6H2,1H3. The molecule has 1 saturated carbocycles. The second-order valence-corrected chi connectivity index (χ2v) is 5.03. The lowest BCUT2D eigenvalue weighted by atomic mass is 10.1. The van der Waals surface area contributed by atoms with Crippen molar-refractivity contribution in [2.75, 3.05) is 13.1 Å². The lowest BCUT2D eigenvalue weighted by Gasteiger charge is -2.19. The van der Waals surface area contributed by atoms with E-state index in [0.29, 0.717) is 6.54 Å². The Labute approximate surface area is 92.8 Å². The second-order valence-electron chi connectivity index (χ2n) is 5.03. The molecule has 16 heavy (non-hydrogen) atoms. The van der Waals surface area contributed by atoms with Crippen LogP contribution < -0.4 is 0 Å². The van der Waals surface area contributed by atoms with E-state index in [1.165, 1.54) is 4.90 Å². The number of carbonyl (C=O) groups excluding carboxylic acids is 1. The molecule has 0 aromatic carbocycles. The van der Waals surface area contributed by atoms with E-state index in [-0.39, 0.29) is 37.6 Å². The van der Waals surface area contributed by atoms with Crippen molar-refractivity contribution in [3.8, 4) is 0 Å². The Bertz CT molecular complexity index is 281. The van der Waals surface area contributed by atoms with Crippen molar-refractivity contribution < 1.29 is 18.0 Å². The van der Waals surface area contributed by atoms with Crippen molar-refractivity contribution in [1.29, 1.82) is 0 Å². The van der Waals surface area contributed by atoms with Gasteiger partial charge < -0.3 is 4.90 Å². The first-order valence-corrected chi connectivity index (χ1v) is 5.70. The van der Waals surface area contributed by atoms with Crippen molar-refractivity contribution in [3.63, 3.8) is 0 Å². The summed E-state index contributed by atoms with van der Waals surface area (Å²) in [5.74, 6) is -3.77. The fourth-order valence-corrected chi connectivity index (χ4v) is 2.53. The highest BCUT2D eigenvalue weighted by Crippen LogP contribution is 2.40. The van der Waals surface area contributed by atoms with Crippen molar-refractivity contribution in [3.05, 3.63) is 0 Å². The van der Waals surface area contributed by atoms with Crippen LogP contribution in [-0.2, 0) is 4.79 Å². The number of amides is 1. The molecule has 3 atom stereocenters. The fraction of sp³-hybridized carbons (Fsp3) is 0.909. The largest absolute Gasteiger partial charge is 0.339 e. The molecule has 1 aliphatic heterocycles. The minimum absolute atomic E-state index is 0.0715. The van der Waals surface area contributed by atoms with E-state index in [2.05, 4.69) is 0 Å². The highest BCUT2D eigenvalue weighted by molar-refractivity contribution is 5.79. The van der Waals surface area contributed by atoms with Gasteiger partial charge in [0, 0.05) is 31.2 Å². The summed E-state index contributed by atoms with van der Waals surface area (Å²) in [5.41, 5.74) is 0. The number of carbonyl (C=O) groups is 1. The van der Waals surface area contributed by atoms with Crippen LogP contribution in [-0.4, -0.2) is 36.0 Å². The van der Waals surface area contributed by atoms with E-state index in [0.717, 1.165) is 0 Å². The van der Waals surface area contributed by atoms with Gasteiger partial charge in [0.05, 0.1) is 6.54 Å². The minimum Gasteiger partial charge on any atom is -0.339 e. The van der Waals surface area contributed by atoms with Crippen molar-refractivity contribution in [1.82, 2.24) is 4.90 Å². The SMILES string of the molecule is CC1CN(C(=O)C2CCC(F)(F)C2)CC1F. The van der Waals surface area contributed by atoms with Crippen LogP contribution in [0.4, 0.5) is 13.2 Å². The molecule has 1 heterocycles. The Morgan fingerprint density at radius 1 is 1.38 bits per heavy atom. The molecule has 2 aliphatic rings. The molecule has 2 nitrogen and oxygen atoms in total. The molecule has 0 aromatic rings. The maximum Gasteiger partial charge on any atom is 0.248 e. The predicted octanol–water partition coefficient (Wildman–Crippen LogP) is 2.24. The summed E-state index contributed by atoms with van der Waals surface area (Å²) in [6, 6.07) is 0. The van der Waals surface area contributed by atoms with Crippen molar-refractivity contribution in [2.45, 2.75) is 38.3 Å². The summed E-state index contributed by atoms with van der Waals surface area (Å²) in [5, 5.41) is 0. The summed E-state index contributed by atoms with van der Waals surface area (Å²) in [6.07, 6.45) is -1.36. The number of rotatable bonds is 1. The zero-order valence-electron chi connectivity index (χ0n) is 9.26. The molecule has 0 N–H and O–H groups in total. The predicted molar refractivity (Wildman–Crippen MR) is 52.9 cm³/mol. The Kier molecular flexibility index (Phi) is 2.88. The van der Waals surface area contributed by atoms with Crippen LogP contribution in [0.2, 0.25) is 0 Å². The molecule has 0 spiro atoms. The summed E-state index contributed by atoms with van der Waals surface area (Å²) < 4.78 is 39.1. The molecule has 5 heteroatoms. The lowest BCUT2D eigenvalue weighted by molar-refractivity contribution is -0.135. The van der Waals surface area contributed by atoms with Gasteiger partial charge in [-0.05, 0) is 6.42 Å². The van der Waals surface area contributed by atoms with E-state index < -0.39 is 18.0 Å². The van der Waals surface area contributed by atoms with Gasteiger partial charge in [-0.25, -0.2) is 13.2 Å². The average molecular weight is 235 g/mol. The molecular weight excluding hydrogens is 219 g/mol. The number of hydrogen-bond donors (Lipinski definition) is 0. The maximum absolute atomic E-state index is 13.2. The van der Waals surface area contributed by atoms with Crippen LogP contribution in [0.3, 0.4) is 0 Å². The molecule has 2 fully saturated rings. The van der Waals surface area contributed by atoms with Crippen molar-refractivity contribution in [2.24, 2.45) is 11.8 Å². The van der Waals surface area contributed by atoms with Crippen LogP contribution in [0.25, 0.3) is 0 Å². The number of halogens is 3. The second kappa shape index (κ2) is 3.93. The number of alkyl halides is 3. The van der Waals surface area contributed by atoms with E-state index in [9.17, 15) is 18.0 Å². The summed E-state index contributed by atoms with van der Waals surface area (Å²) in [4.78, 5) is 13.3. The first-order valence-electron chi connectivity index (χ1n) is 5.70. The van der Waals surface area contributed by atoms with Crippen LogP contribution in [0.15, 0.2) is 0 Å². The quantitative estimate of drug-likeness (QED) is 0.682. The summed E-state index contributed by atoms with van der Waals surface area (Å²) in [7, 11) is 0. The monoisotopic (exact) mass is 235 g/mol. The van der Waals surface area contributed by atoms with Gasteiger partial charge in [-0.3, -0.25) is 4.79 Å². The van der Waals surface area contributed by atoms with Gasteiger partial charge in [0.1, 0.15) is 6.17 Å². The van der Waals surface area contributed by atoms with E-state index >= 15 is 0 Å². The smallest absolute Gasteiger partial charge is 0.248 e. The van der Waals surface area contributed by atoms with Crippen molar-refractivity contribution >= 4 is 5.91 Å². The third kappa shape index (κ3) is 2.18. The highest BCUT2D eigenvalue weighted by Gasteiger charge is 2.45. The van der Waals surface area contributed by atoms with Gasteiger partial charge in [-0.2, -0.15) is 0 Å². The van der Waals surface area contributed by atoms with Gasteiger partial charge in [-0.1, -0.05) is 6.92 Å². The van der Waals surface area contributed by atoms with Crippen LogP contribution in [0.5, 0.6) is 0 Å². The normalized spacial score (nSPS) is 38.0. The Morgan fingerprint density at radius 2 is 2.06 bits per heavy atom. The molecule has 92 valence electrons. The molecule has 0 aromatic heterocycles. The Morgan fingerprint density at radius 3 is 2.50 bits per heavy atom. The number of nitrogens with zero attached hydrogens (tertiary/aromatic N) is 1. The Hall–Kier alpha value is -0.740. The Balaban J connectivity index is 1.94. The van der Waals surface area contributed by atoms with Crippen LogP contribution in [0, 0.1) is 11.8 Å². The van der Waals surface area contributed by atoms with E-state index in [4.69, 9.17) is 0 Å². The summed E-state index contributed by atoms with van der Waals surface area (Å²) >= 11 is 0. The van der Waals surface area contributed by atoms with Crippen LogP contribution >= 0.6 is 0 Å². The maximum atomic E-state index is 13.2. The highest BCUT2D eigenvalue weighted by atomic mass is 19.3. The average Bonchev–Trinajstić information content (AvgIpc) is 2.70. The molecular formula is C11H16F3NO. The fourth-order valence-electron chi connectivity index (χ4n) is 2.53. The zero-order chi connectivity index (χ0) is 11.9. The van der Waals surface area contributed by atoms with Gasteiger partial charge in [-0.15, -0.1) is 0 Å². The topological polar surface area (TPSA) is 20.3 Å². The molecule has 2 rings (SSSR count). The molecule has 0 radical (unpaired) electrons.